The summed E-state index contributed by atoms with van der Waals surface area (Å²) in [5, 5.41) is 3.77. The van der Waals surface area contributed by atoms with Crippen LogP contribution in [0.15, 0.2) is 12.2 Å². The molecule has 0 aliphatic heterocycles. The fourth-order valence-electron chi connectivity index (χ4n) is 3.43. The van der Waals surface area contributed by atoms with Gasteiger partial charge >= 0.3 is 0 Å². The van der Waals surface area contributed by atoms with Crippen molar-refractivity contribution in [3.05, 3.63) is 12.2 Å². The van der Waals surface area contributed by atoms with Crippen LogP contribution >= 0.6 is 0 Å². The summed E-state index contributed by atoms with van der Waals surface area (Å²) >= 11 is 0. The van der Waals surface area contributed by atoms with E-state index in [9.17, 15) is 0 Å². The largest absolute Gasteiger partial charge is 0.374 e. The maximum Gasteiger partial charge on any atom is 0.0838 e. The van der Waals surface area contributed by atoms with E-state index < -0.39 is 0 Å². The van der Waals surface area contributed by atoms with Crippen LogP contribution in [0.3, 0.4) is 0 Å². The van der Waals surface area contributed by atoms with Gasteiger partial charge in [0.15, 0.2) is 0 Å². The number of nitrogens with one attached hydrogen (secondary N) is 1. The number of ether oxygens (including phenoxy) is 1. The van der Waals surface area contributed by atoms with Crippen LogP contribution < -0.4 is 5.32 Å². The summed E-state index contributed by atoms with van der Waals surface area (Å²) in [6, 6.07) is 0.418. The zero-order chi connectivity index (χ0) is 15.9. The third kappa shape index (κ3) is 5.41. The highest BCUT2D eigenvalue weighted by Crippen LogP contribution is 2.44. The highest BCUT2D eigenvalue weighted by Gasteiger charge is 2.44. The fraction of sp³-hybridized carbons (Fsp3) is 0.895. The molecule has 0 aromatic carbocycles. The monoisotopic (exact) mass is 295 g/mol. The first kappa shape index (κ1) is 18.7. The highest BCUT2D eigenvalue weighted by atomic mass is 16.5. The molecule has 1 atom stereocenters. The molecule has 0 aromatic rings. The van der Waals surface area contributed by atoms with Crippen molar-refractivity contribution in [1.82, 2.24) is 5.32 Å². The van der Waals surface area contributed by atoms with Crippen LogP contribution in [0.4, 0.5) is 0 Å². The Morgan fingerprint density at radius 1 is 1.14 bits per heavy atom. The maximum absolute atomic E-state index is 6.36. The minimum atomic E-state index is 0.0115. The molecule has 2 nitrogen and oxygen atoms in total. The topological polar surface area (TPSA) is 21.3 Å². The standard InChI is InChI=1S/C19H37NO/c1-7-14-20-17(15-16(4)8-2)19(21-9-3)12-10-18(5,6)11-13-19/h17,20H,4,7-15H2,1-3,5-6H3. The molecule has 0 heterocycles. The molecule has 1 N–H and O–H groups in total. The van der Waals surface area contributed by atoms with Gasteiger partial charge in [0.1, 0.15) is 0 Å². The minimum absolute atomic E-state index is 0.0115. The lowest BCUT2D eigenvalue weighted by Gasteiger charge is -2.48. The first-order valence-corrected chi connectivity index (χ1v) is 8.93. The van der Waals surface area contributed by atoms with Crippen molar-refractivity contribution in [2.24, 2.45) is 5.41 Å². The van der Waals surface area contributed by atoms with Crippen LogP contribution in [-0.2, 0) is 4.74 Å². The first-order valence-electron chi connectivity index (χ1n) is 8.93. The molecule has 0 radical (unpaired) electrons. The molecule has 1 unspecified atom stereocenters. The lowest BCUT2D eigenvalue weighted by molar-refractivity contribution is -0.106. The van der Waals surface area contributed by atoms with E-state index in [-0.39, 0.29) is 5.60 Å². The van der Waals surface area contributed by atoms with Gasteiger partial charge in [-0.3, -0.25) is 0 Å². The van der Waals surface area contributed by atoms with Gasteiger partial charge in [-0.2, -0.15) is 0 Å². The molecule has 0 saturated heterocycles. The third-order valence-electron chi connectivity index (χ3n) is 5.15. The summed E-state index contributed by atoms with van der Waals surface area (Å²) in [6.45, 7) is 17.5. The van der Waals surface area contributed by atoms with Gasteiger partial charge in [-0.15, -0.1) is 0 Å². The minimum Gasteiger partial charge on any atom is -0.374 e. The van der Waals surface area contributed by atoms with Gasteiger partial charge in [0, 0.05) is 12.6 Å². The third-order valence-corrected chi connectivity index (χ3v) is 5.15. The Bertz CT molecular complexity index is 312. The Kier molecular flexibility index (Phi) is 7.42. The van der Waals surface area contributed by atoms with Crippen molar-refractivity contribution >= 4 is 0 Å². The van der Waals surface area contributed by atoms with Crippen molar-refractivity contribution in [2.75, 3.05) is 13.2 Å². The van der Waals surface area contributed by atoms with E-state index in [1.807, 2.05) is 0 Å². The molecular formula is C19H37NO. The van der Waals surface area contributed by atoms with Crippen molar-refractivity contribution in [2.45, 2.75) is 91.2 Å². The van der Waals surface area contributed by atoms with Gasteiger partial charge in [0.2, 0.25) is 0 Å². The summed E-state index contributed by atoms with van der Waals surface area (Å²) in [7, 11) is 0. The van der Waals surface area contributed by atoms with Gasteiger partial charge in [-0.05, 0) is 63.8 Å². The number of hydrogen-bond acceptors (Lipinski definition) is 2. The Balaban J connectivity index is 2.87. The summed E-state index contributed by atoms with van der Waals surface area (Å²) in [5.41, 5.74) is 1.82. The molecule has 1 aliphatic rings. The Labute approximate surface area is 132 Å². The Morgan fingerprint density at radius 3 is 2.24 bits per heavy atom. The first-order chi connectivity index (χ1) is 9.89. The zero-order valence-corrected chi connectivity index (χ0v) is 15.1. The highest BCUT2D eigenvalue weighted by molar-refractivity contribution is 5.06. The molecule has 1 aliphatic carbocycles. The summed E-state index contributed by atoms with van der Waals surface area (Å²) in [4.78, 5) is 0. The molecule has 0 amide bonds. The van der Waals surface area contributed by atoms with Crippen molar-refractivity contribution in [1.29, 1.82) is 0 Å². The Hall–Kier alpha value is -0.340. The number of rotatable bonds is 9. The molecule has 21 heavy (non-hydrogen) atoms. The van der Waals surface area contributed by atoms with Crippen molar-refractivity contribution in [3.63, 3.8) is 0 Å². The lowest BCUT2D eigenvalue weighted by atomic mass is 9.67. The molecule has 1 fully saturated rings. The maximum atomic E-state index is 6.36. The Morgan fingerprint density at radius 2 is 1.76 bits per heavy atom. The predicted octanol–water partition coefficient (Wildman–Crippen LogP) is 5.09. The second-order valence-corrected chi connectivity index (χ2v) is 7.48. The summed E-state index contributed by atoms with van der Waals surface area (Å²) in [6.07, 6.45) is 8.15. The van der Waals surface area contributed by atoms with Crippen LogP contribution in [0, 0.1) is 5.41 Å². The van der Waals surface area contributed by atoms with Crippen LogP contribution in [0.2, 0.25) is 0 Å². The van der Waals surface area contributed by atoms with Crippen LogP contribution in [-0.4, -0.2) is 24.8 Å². The SMILES string of the molecule is C=C(CC)CC(NCCC)C1(OCC)CCC(C)(C)CC1. The lowest BCUT2D eigenvalue weighted by Crippen LogP contribution is -2.55. The van der Waals surface area contributed by atoms with Crippen LogP contribution in [0.5, 0.6) is 0 Å². The second kappa shape index (κ2) is 8.33. The van der Waals surface area contributed by atoms with E-state index in [2.05, 4.69) is 46.5 Å². The van der Waals surface area contributed by atoms with Crippen molar-refractivity contribution in [3.8, 4) is 0 Å². The summed E-state index contributed by atoms with van der Waals surface area (Å²) in [5.74, 6) is 0. The second-order valence-electron chi connectivity index (χ2n) is 7.48. The average molecular weight is 296 g/mol. The van der Waals surface area contributed by atoms with Gasteiger partial charge in [-0.1, -0.05) is 39.8 Å². The van der Waals surface area contributed by atoms with Gasteiger partial charge < -0.3 is 10.1 Å². The quantitative estimate of drug-likeness (QED) is 0.598. The molecule has 2 heteroatoms. The van der Waals surface area contributed by atoms with Crippen LogP contribution in [0.1, 0.15) is 79.6 Å². The van der Waals surface area contributed by atoms with E-state index in [1.165, 1.54) is 37.7 Å². The molecule has 0 bridgehead atoms. The molecule has 0 aromatic heterocycles. The van der Waals surface area contributed by atoms with E-state index in [0.29, 0.717) is 11.5 Å². The fourth-order valence-corrected chi connectivity index (χ4v) is 3.43. The average Bonchev–Trinajstić information content (AvgIpc) is 2.46. The van der Waals surface area contributed by atoms with Gasteiger partial charge in [0.05, 0.1) is 5.60 Å². The smallest absolute Gasteiger partial charge is 0.0838 e. The van der Waals surface area contributed by atoms with E-state index in [0.717, 1.165) is 26.0 Å². The van der Waals surface area contributed by atoms with Crippen molar-refractivity contribution < 1.29 is 4.74 Å². The summed E-state index contributed by atoms with van der Waals surface area (Å²) < 4.78 is 6.36. The molecule has 1 saturated carbocycles. The van der Waals surface area contributed by atoms with Gasteiger partial charge in [0.25, 0.3) is 0 Å². The van der Waals surface area contributed by atoms with Crippen LogP contribution in [0.25, 0.3) is 0 Å². The van der Waals surface area contributed by atoms with E-state index in [1.54, 1.807) is 0 Å². The number of hydrogen-bond donors (Lipinski definition) is 1. The zero-order valence-electron chi connectivity index (χ0n) is 15.1. The molecular weight excluding hydrogens is 258 g/mol. The molecule has 124 valence electrons. The molecule has 1 rings (SSSR count). The molecule has 0 spiro atoms. The normalized spacial score (nSPS) is 22.0. The van der Waals surface area contributed by atoms with E-state index in [4.69, 9.17) is 4.74 Å². The predicted molar refractivity (Wildman–Crippen MR) is 92.7 cm³/mol. The van der Waals surface area contributed by atoms with Gasteiger partial charge in [-0.25, -0.2) is 0 Å². The van der Waals surface area contributed by atoms with E-state index >= 15 is 0 Å².